The van der Waals surface area contributed by atoms with Gasteiger partial charge in [-0.2, -0.15) is 0 Å². The zero-order valence-corrected chi connectivity index (χ0v) is 9.16. The molecular weight excluding hydrogens is 190 g/mol. The molecule has 1 aliphatic rings. The second kappa shape index (κ2) is 3.70. The van der Waals surface area contributed by atoms with Crippen LogP contribution in [0, 0.1) is 0 Å². The van der Waals surface area contributed by atoms with Crippen LogP contribution in [0.3, 0.4) is 0 Å². The average molecular weight is 207 g/mol. The Morgan fingerprint density at radius 3 is 3.07 bits per heavy atom. The van der Waals surface area contributed by atoms with E-state index in [1.165, 1.54) is 0 Å². The van der Waals surface area contributed by atoms with Crippen LogP contribution in [0.1, 0.15) is 20.3 Å². The highest BCUT2D eigenvalue weighted by atomic mass is 16.5. The Morgan fingerprint density at radius 1 is 1.67 bits per heavy atom. The molecule has 15 heavy (non-hydrogen) atoms. The lowest BCUT2D eigenvalue weighted by molar-refractivity contribution is 0.105. The third-order valence-corrected chi connectivity index (χ3v) is 3.10. The maximum Gasteiger partial charge on any atom is 0.125 e. The van der Waals surface area contributed by atoms with Crippen molar-refractivity contribution >= 4 is 11.5 Å². The number of nitrogens with two attached hydrogens (primary N) is 1. The Balaban J connectivity index is 2.14. The van der Waals surface area contributed by atoms with E-state index in [9.17, 15) is 0 Å². The average Bonchev–Trinajstić information content (AvgIpc) is 2.47. The van der Waals surface area contributed by atoms with Gasteiger partial charge < -0.3 is 15.8 Å². The summed E-state index contributed by atoms with van der Waals surface area (Å²) in [5, 5.41) is 3.46. The normalized spacial score (nSPS) is 30.4. The molecule has 1 fully saturated rings. The highest BCUT2D eigenvalue weighted by Crippen LogP contribution is 2.29. The van der Waals surface area contributed by atoms with E-state index >= 15 is 0 Å². The molecule has 2 unspecified atom stereocenters. The van der Waals surface area contributed by atoms with Crippen LogP contribution < -0.4 is 11.1 Å². The summed E-state index contributed by atoms with van der Waals surface area (Å²) in [7, 11) is 0. The lowest BCUT2D eigenvalue weighted by Crippen LogP contribution is -2.41. The van der Waals surface area contributed by atoms with Gasteiger partial charge in [0.25, 0.3) is 0 Å². The maximum absolute atomic E-state index is 5.63. The molecule has 0 radical (unpaired) electrons. The first kappa shape index (κ1) is 10.2. The highest BCUT2D eigenvalue weighted by Gasteiger charge is 2.36. The Bertz CT molecular complexity index is 355. The van der Waals surface area contributed by atoms with E-state index in [0.717, 1.165) is 18.7 Å². The van der Waals surface area contributed by atoms with E-state index in [0.29, 0.717) is 5.82 Å². The Hall–Kier alpha value is -1.29. The number of hydrogen-bond donors (Lipinski definition) is 2. The molecule has 1 aromatic heterocycles. The van der Waals surface area contributed by atoms with Crippen molar-refractivity contribution in [1.82, 2.24) is 4.98 Å². The van der Waals surface area contributed by atoms with Gasteiger partial charge in [0.05, 0.1) is 11.6 Å². The molecule has 2 atom stereocenters. The van der Waals surface area contributed by atoms with Crippen molar-refractivity contribution < 1.29 is 4.74 Å². The summed E-state index contributed by atoms with van der Waals surface area (Å²) < 4.78 is 5.56. The lowest BCUT2D eigenvalue weighted by Gasteiger charge is -2.30. The van der Waals surface area contributed by atoms with E-state index in [1.54, 1.807) is 6.20 Å². The van der Waals surface area contributed by atoms with Crippen molar-refractivity contribution in [3.05, 3.63) is 18.3 Å². The van der Waals surface area contributed by atoms with Gasteiger partial charge in [-0.15, -0.1) is 0 Å². The topological polar surface area (TPSA) is 60.2 Å². The number of nitrogen functional groups attached to an aromatic ring is 1. The second-order valence-electron chi connectivity index (χ2n) is 4.27. The zero-order chi connectivity index (χ0) is 10.9. The van der Waals surface area contributed by atoms with Crippen LogP contribution in [-0.4, -0.2) is 23.2 Å². The van der Waals surface area contributed by atoms with E-state index in [2.05, 4.69) is 24.1 Å². The third kappa shape index (κ3) is 2.04. The van der Waals surface area contributed by atoms with Gasteiger partial charge >= 0.3 is 0 Å². The number of nitrogens with one attached hydrogen (secondary N) is 1. The molecule has 2 heterocycles. The molecule has 4 heteroatoms. The first-order chi connectivity index (χ1) is 7.10. The minimum absolute atomic E-state index is 0.00616. The lowest BCUT2D eigenvalue weighted by atomic mass is 9.94. The molecule has 0 aliphatic carbocycles. The fraction of sp³-hybridized carbons (Fsp3) is 0.545. The number of hydrogen-bond acceptors (Lipinski definition) is 4. The summed E-state index contributed by atoms with van der Waals surface area (Å²) in [5.41, 5.74) is 6.62. The molecule has 0 amide bonds. The second-order valence-corrected chi connectivity index (χ2v) is 4.27. The van der Waals surface area contributed by atoms with Crippen LogP contribution in [0.4, 0.5) is 11.5 Å². The molecular formula is C11H17N3O. The summed E-state index contributed by atoms with van der Waals surface area (Å²) in [5.74, 6) is 0.537. The summed E-state index contributed by atoms with van der Waals surface area (Å²) in [6.45, 7) is 5.07. The largest absolute Gasteiger partial charge is 0.384 e. The van der Waals surface area contributed by atoms with E-state index < -0.39 is 0 Å². The maximum atomic E-state index is 5.63. The van der Waals surface area contributed by atoms with Crippen LogP contribution in [0.2, 0.25) is 0 Å². The van der Waals surface area contributed by atoms with Crippen molar-refractivity contribution in [3.8, 4) is 0 Å². The molecule has 3 N–H and O–H groups in total. The molecule has 2 rings (SSSR count). The van der Waals surface area contributed by atoms with Crippen LogP contribution in [-0.2, 0) is 4.74 Å². The number of ether oxygens (including phenoxy) is 1. The summed E-state index contributed by atoms with van der Waals surface area (Å²) >= 11 is 0. The Labute approximate surface area is 89.8 Å². The van der Waals surface area contributed by atoms with Crippen LogP contribution in [0.25, 0.3) is 0 Å². The molecule has 0 saturated carbocycles. The fourth-order valence-electron chi connectivity index (χ4n) is 1.85. The number of anilines is 2. The van der Waals surface area contributed by atoms with Crippen molar-refractivity contribution in [2.24, 2.45) is 0 Å². The van der Waals surface area contributed by atoms with Crippen molar-refractivity contribution in [2.45, 2.75) is 31.9 Å². The standard InChI is InChI=1S/C11H17N3O/c1-8-11(2,4-6-15-8)14-9-3-5-13-10(12)7-9/h3,5,7-8H,4,6H2,1-2H3,(H3,12,13,14). The molecule has 1 saturated heterocycles. The SMILES string of the molecule is CC1OCCC1(C)Nc1ccnc(N)c1. The monoisotopic (exact) mass is 207 g/mol. The smallest absolute Gasteiger partial charge is 0.125 e. The first-order valence-electron chi connectivity index (χ1n) is 5.21. The third-order valence-electron chi connectivity index (χ3n) is 3.10. The zero-order valence-electron chi connectivity index (χ0n) is 9.16. The number of pyridine rings is 1. The quantitative estimate of drug-likeness (QED) is 0.774. The number of nitrogens with zero attached hydrogens (tertiary/aromatic N) is 1. The first-order valence-corrected chi connectivity index (χ1v) is 5.21. The molecule has 4 nitrogen and oxygen atoms in total. The van der Waals surface area contributed by atoms with Crippen LogP contribution in [0.5, 0.6) is 0 Å². The van der Waals surface area contributed by atoms with Crippen molar-refractivity contribution in [2.75, 3.05) is 17.7 Å². The molecule has 0 spiro atoms. The summed E-state index contributed by atoms with van der Waals surface area (Å²) in [6.07, 6.45) is 2.93. The Morgan fingerprint density at radius 2 is 2.47 bits per heavy atom. The molecule has 82 valence electrons. The number of rotatable bonds is 2. The summed E-state index contributed by atoms with van der Waals surface area (Å²) in [4.78, 5) is 3.96. The van der Waals surface area contributed by atoms with E-state index in [-0.39, 0.29) is 11.6 Å². The van der Waals surface area contributed by atoms with Gasteiger partial charge in [0.15, 0.2) is 0 Å². The van der Waals surface area contributed by atoms with Crippen molar-refractivity contribution in [1.29, 1.82) is 0 Å². The molecule has 0 aromatic carbocycles. The minimum atomic E-state index is -0.00616. The van der Waals surface area contributed by atoms with Gasteiger partial charge in [0.2, 0.25) is 0 Å². The Kier molecular flexibility index (Phi) is 2.52. The van der Waals surface area contributed by atoms with Crippen LogP contribution >= 0.6 is 0 Å². The highest BCUT2D eigenvalue weighted by molar-refractivity contribution is 5.51. The van der Waals surface area contributed by atoms with E-state index in [1.807, 2.05) is 12.1 Å². The van der Waals surface area contributed by atoms with E-state index in [4.69, 9.17) is 10.5 Å². The fourth-order valence-corrected chi connectivity index (χ4v) is 1.85. The van der Waals surface area contributed by atoms with Gasteiger partial charge in [0, 0.05) is 24.6 Å². The minimum Gasteiger partial charge on any atom is -0.384 e. The van der Waals surface area contributed by atoms with Gasteiger partial charge in [-0.1, -0.05) is 0 Å². The van der Waals surface area contributed by atoms with Crippen molar-refractivity contribution in [3.63, 3.8) is 0 Å². The predicted molar refractivity (Wildman–Crippen MR) is 60.7 cm³/mol. The number of aromatic nitrogens is 1. The van der Waals surface area contributed by atoms with Gasteiger partial charge in [-0.05, 0) is 26.3 Å². The molecule has 1 aromatic rings. The van der Waals surface area contributed by atoms with Gasteiger partial charge in [-0.3, -0.25) is 0 Å². The molecule has 1 aliphatic heterocycles. The van der Waals surface area contributed by atoms with Crippen LogP contribution in [0.15, 0.2) is 18.3 Å². The molecule has 0 bridgehead atoms. The predicted octanol–water partition coefficient (Wildman–Crippen LogP) is 1.64. The summed E-state index contributed by atoms with van der Waals surface area (Å²) in [6, 6.07) is 3.77. The van der Waals surface area contributed by atoms with Gasteiger partial charge in [-0.25, -0.2) is 4.98 Å². The van der Waals surface area contributed by atoms with Gasteiger partial charge in [0.1, 0.15) is 5.82 Å².